The van der Waals surface area contributed by atoms with Gasteiger partial charge in [-0.05, 0) is 6.92 Å². The number of hydrogen-bond donors (Lipinski definition) is 2. The molecule has 7 heteroatoms. The summed E-state index contributed by atoms with van der Waals surface area (Å²) in [6.45, 7) is 3.18. The van der Waals surface area contributed by atoms with E-state index >= 15 is 0 Å². The highest BCUT2D eigenvalue weighted by molar-refractivity contribution is 5.67. The lowest BCUT2D eigenvalue weighted by molar-refractivity contribution is -0.0105. The quantitative estimate of drug-likeness (QED) is 0.786. The van der Waals surface area contributed by atoms with Gasteiger partial charge in [-0.2, -0.15) is 0 Å². The van der Waals surface area contributed by atoms with Crippen LogP contribution in [0.15, 0.2) is 18.6 Å². The number of aliphatic hydroxyl groups excluding tert-OH is 1. The lowest BCUT2D eigenvalue weighted by Gasteiger charge is -2.38. The standard InChI is InChI=1S/C12H17N5O2/c1-8-7-19-9(6-18)4-17(8)12-11-14-2-3-16(11)5-10(13)15-12/h2-3,5,8-9,18H,4,6-7,13H2,1H3. The van der Waals surface area contributed by atoms with Gasteiger partial charge in [-0.25, -0.2) is 9.97 Å². The first-order valence-corrected chi connectivity index (χ1v) is 6.27. The molecule has 2 aromatic rings. The SMILES string of the molecule is CC1COC(CO)CN1c1nc(N)cn2ccnc12. The molecule has 0 amide bonds. The first kappa shape index (κ1) is 12.2. The number of hydrogen-bond acceptors (Lipinski definition) is 6. The van der Waals surface area contributed by atoms with Crippen molar-refractivity contribution < 1.29 is 9.84 Å². The van der Waals surface area contributed by atoms with Gasteiger partial charge in [0.1, 0.15) is 5.82 Å². The van der Waals surface area contributed by atoms with Crippen LogP contribution < -0.4 is 10.6 Å². The van der Waals surface area contributed by atoms with Crippen molar-refractivity contribution in [2.75, 3.05) is 30.4 Å². The van der Waals surface area contributed by atoms with Crippen molar-refractivity contribution >= 4 is 17.3 Å². The molecular formula is C12H17N5O2. The van der Waals surface area contributed by atoms with Crippen molar-refractivity contribution in [3.8, 4) is 0 Å². The largest absolute Gasteiger partial charge is 0.394 e. The molecule has 0 saturated carbocycles. The van der Waals surface area contributed by atoms with Crippen LogP contribution in [0.4, 0.5) is 11.6 Å². The van der Waals surface area contributed by atoms with Crippen LogP contribution in [-0.4, -0.2) is 51.4 Å². The van der Waals surface area contributed by atoms with Crippen LogP contribution >= 0.6 is 0 Å². The summed E-state index contributed by atoms with van der Waals surface area (Å²) in [4.78, 5) is 10.8. The van der Waals surface area contributed by atoms with E-state index in [9.17, 15) is 5.11 Å². The van der Waals surface area contributed by atoms with Crippen LogP contribution in [0.25, 0.3) is 5.65 Å². The van der Waals surface area contributed by atoms with Gasteiger partial charge in [0.2, 0.25) is 0 Å². The van der Waals surface area contributed by atoms with E-state index in [0.717, 1.165) is 11.5 Å². The third-order valence-electron chi connectivity index (χ3n) is 3.36. The summed E-state index contributed by atoms with van der Waals surface area (Å²) in [5.41, 5.74) is 6.60. The average Bonchev–Trinajstić information content (AvgIpc) is 2.86. The maximum atomic E-state index is 9.25. The summed E-state index contributed by atoms with van der Waals surface area (Å²) in [5.74, 6) is 1.18. The van der Waals surface area contributed by atoms with Gasteiger partial charge in [0.15, 0.2) is 11.5 Å². The summed E-state index contributed by atoms with van der Waals surface area (Å²) in [6, 6.07) is 0.164. The molecule has 0 aromatic carbocycles. The number of fused-ring (bicyclic) bond motifs is 1. The molecule has 3 heterocycles. The van der Waals surface area contributed by atoms with Crippen molar-refractivity contribution in [1.82, 2.24) is 14.4 Å². The fraction of sp³-hybridized carbons (Fsp3) is 0.500. The molecule has 2 atom stereocenters. The minimum absolute atomic E-state index is 0.00371. The van der Waals surface area contributed by atoms with Crippen molar-refractivity contribution in [3.63, 3.8) is 0 Å². The number of nitrogens with zero attached hydrogens (tertiary/aromatic N) is 4. The molecule has 3 rings (SSSR count). The van der Waals surface area contributed by atoms with Crippen LogP contribution in [0, 0.1) is 0 Å². The van der Waals surface area contributed by atoms with Gasteiger partial charge in [0.05, 0.1) is 31.6 Å². The Hall–Kier alpha value is -1.86. The zero-order valence-electron chi connectivity index (χ0n) is 10.7. The van der Waals surface area contributed by atoms with Gasteiger partial charge in [-0.1, -0.05) is 0 Å². The Morgan fingerprint density at radius 3 is 3.21 bits per heavy atom. The van der Waals surface area contributed by atoms with Gasteiger partial charge >= 0.3 is 0 Å². The fourth-order valence-corrected chi connectivity index (χ4v) is 2.35. The molecule has 19 heavy (non-hydrogen) atoms. The summed E-state index contributed by atoms with van der Waals surface area (Å²) >= 11 is 0. The molecule has 1 saturated heterocycles. The third-order valence-corrected chi connectivity index (χ3v) is 3.36. The molecule has 7 nitrogen and oxygen atoms in total. The zero-order valence-corrected chi connectivity index (χ0v) is 10.7. The highest BCUT2D eigenvalue weighted by Crippen LogP contribution is 2.24. The Labute approximate surface area is 110 Å². The molecule has 0 aliphatic carbocycles. The van der Waals surface area contributed by atoms with Crippen LogP contribution in [0.1, 0.15) is 6.92 Å². The van der Waals surface area contributed by atoms with E-state index in [-0.39, 0.29) is 18.8 Å². The number of morpholine rings is 1. The molecule has 102 valence electrons. The summed E-state index contributed by atoms with van der Waals surface area (Å²) in [7, 11) is 0. The predicted octanol–water partition coefficient (Wildman–Crippen LogP) is -0.102. The number of imidazole rings is 1. The molecule has 3 N–H and O–H groups in total. The number of ether oxygens (including phenoxy) is 1. The second-order valence-corrected chi connectivity index (χ2v) is 4.79. The number of aliphatic hydroxyl groups is 1. The predicted molar refractivity (Wildman–Crippen MR) is 71.0 cm³/mol. The van der Waals surface area contributed by atoms with Gasteiger partial charge in [-0.15, -0.1) is 0 Å². The summed E-state index contributed by atoms with van der Waals surface area (Å²) < 4.78 is 7.39. The van der Waals surface area contributed by atoms with Crippen LogP contribution in [0.3, 0.4) is 0 Å². The number of anilines is 2. The van der Waals surface area contributed by atoms with E-state index in [2.05, 4.69) is 21.8 Å². The van der Waals surface area contributed by atoms with E-state index in [4.69, 9.17) is 10.5 Å². The van der Waals surface area contributed by atoms with Crippen molar-refractivity contribution in [3.05, 3.63) is 18.6 Å². The zero-order chi connectivity index (χ0) is 13.4. The minimum Gasteiger partial charge on any atom is -0.394 e. The Bertz CT molecular complexity index is 585. The molecule has 2 unspecified atom stereocenters. The van der Waals surface area contributed by atoms with E-state index in [1.165, 1.54) is 0 Å². The van der Waals surface area contributed by atoms with Crippen LogP contribution in [0.5, 0.6) is 0 Å². The van der Waals surface area contributed by atoms with Crippen molar-refractivity contribution in [1.29, 1.82) is 0 Å². The molecule has 2 aromatic heterocycles. The lowest BCUT2D eigenvalue weighted by atomic mass is 10.2. The number of aromatic nitrogens is 3. The Morgan fingerprint density at radius 2 is 2.42 bits per heavy atom. The first-order valence-electron chi connectivity index (χ1n) is 6.27. The normalized spacial score (nSPS) is 24.0. The van der Waals surface area contributed by atoms with Crippen LogP contribution in [0.2, 0.25) is 0 Å². The Kier molecular flexibility index (Phi) is 3.00. The monoisotopic (exact) mass is 263 g/mol. The minimum atomic E-state index is -0.200. The van der Waals surface area contributed by atoms with Gasteiger partial charge in [-0.3, -0.25) is 0 Å². The van der Waals surface area contributed by atoms with Gasteiger partial charge in [0, 0.05) is 18.9 Å². The van der Waals surface area contributed by atoms with Gasteiger partial charge < -0.3 is 24.9 Å². The summed E-state index contributed by atoms with van der Waals surface area (Å²) in [6.07, 6.45) is 5.09. The molecule has 0 spiro atoms. The second-order valence-electron chi connectivity index (χ2n) is 4.79. The maximum absolute atomic E-state index is 9.25. The highest BCUT2D eigenvalue weighted by atomic mass is 16.5. The molecular weight excluding hydrogens is 246 g/mol. The molecule has 0 radical (unpaired) electrons. The Balaban J connectivity index is 2.04. The van der Waals surface area contributed by atoms with E-state index in [1.807, 2.05) is 10.6 Å². The van der Waals surface area contributed by atoms with E-state index in [0.29, 0.717) is 19.0 Å². The highest BCUT2D eigenvalue weighted by Gasteiger charge is 2.28. The second kappa shape index (κ2) is 4.67. The van der Waals surface area contributed by atoms with E-state index < -0.39 is 0 Å². The molecule has 1 fully saturated rings. The topological polar surface area (TPSA) is 88.9 Å². The first-order chi connectivity index (χ1) is 9.19. The fourth-order valence-electron chi connectivity index (χ4n) is 2.35. The van der Waals surface area contributed by atoms with Crippen LogP contribution in [-0.2, 0) is 4.74 Å². The Morgan fingerprint density at radius 1 is 1.58 bits per heavy atom. The molecule has 1 aliphatic rings. The maximum Gasteiger partial charge on any atom is 0.180 e. The van der Waals surface area contributed by atoms with Gasteiger partial charge in [0.25, 0.3) is 0 Å². The number of nitrogens with two attached hydrogens (primary N) is 1. The summed E-state index contributed by atoms with van der Waals surface area (Å²) in [5, 5.41) is 9.25. The van der Waals surface area contributed by atoms with Crippen molar-refractivity contribution in [2.24, 2.45) is 0 Å². The number of rotatable bonds is 2. The third kappa shape index (κ3) is 2.11. The molecule has 0 bridgehead atoms. The van der Waals surface area contributed by atoms with E-state index in [1.54, 1.807) is 12.4 Å². The lowest BCUT2D eigenvalue weighted by Crippen LogP contribution is -2.50. The smallest absolute Gasteiger partial charge is 0.180 e. The van der Waals surface area contributed by atoms with Crippen molar-refractivity contribution in [2.45, 2.75) is 19.1 Å². The number of nitrogen functional groups attached to an aromatic ring is 1. The average molecular weight is 263 g/mol. The molecule has 1 aliphatic heterocycles.